The lowest BCUT2D eigenvalue weighted by atomic mass is 9.90. The smallest absolute Gasteiger partial charge is 0.176 e. The topological polar surface area (TPSA) is 59.0 Å². The van der Waals surface area contributed by atoms with Gasteiger partial charge < -0.3 is 14.6 Å². The van der Waals surface area contributed by atoms with E-state index in [1.54, 1.807) is 18.2 Å². The molecular formula is C27H36ClNO4. The molecule has 0 unspecified atom stereocenters. The van der Waals surface area contributed by atoms with Crippen molar-refractivity contribution in [2.24, 2.45) is 5.92 Å². The summed E-state index contributed by atoms with van der Waals surface area (Å²) < 4.78 is 11.6. The molecule has 0 atom stereocenters. The molecule has 0 bridgehead atoms. The molecule has 1 saturated carbocycles. The maximum Gasteiger partial charge on any atom is 0.176 e. The molecule has 1 aliphatic carbocycles. The van der Waals surface area contributed by atoms with Crippen molar-refractivity contribution in [2.75, 3.05) is 26.3 Å². The molecule has 5 nitrogen and oxygen atoms in total. The highest BCUT2D eigenvalue weighted by Gasteiger charge is 2.16. The maximum atomic E-state index is 12.9. The lowest BCUT2D eigenvalue weighted by Crippen LogP contribution is -2.32. The van der Waals surface area contributed by atoms with Gasteiger partial charge in [-0.15, -0.1) is 0 Å². The standard InChI is InChI=1S/C27H36ClNO4/c1-20(2)33-27-13-10-23(16-25(27)28)26(31)18-29(14-15-30)17-21-8-11-24(12-9-21)32-19-22-6-4-3-5-7-22/h8-13,16,20,22,30H,3-7,14-15,17-19H2,1-2H3. The number of halogens is 1. The molecule has 0 amide bonds. The first-order valence-electron chi connectivity index (χ1n) is 12.0. The average molecular weight is 474 g/mol. The first-order chi connectivity index (χ1) is 15.9. The lowest BCUT2D eigenvalue weighted by Gasteiger charge is -2.22. The van der Waals surface area contributed by atoms with Crippen LogP contribution in [0.2, 0.25) is 5.02 Å². The molecule has 2 aromatic carbocycles. The van der Waals surface area contributed by atoms with Crippen molar-refractivity contribution in [2.45, 2.75) is 58.6 Å². The van der Waals surface area contributed by atoms with Crippen molar-refractivity contribution >= 4 is 17.4 Å². The second-order valence-electron chi connectivity index (χ2n) is 9.13. The highest BCUT2D eigenvalue weighted by Crippen LogP contribution is 2.27. The Labute approximate surface area is 202 Å². The van der Waals surface area contributed by atoms with E-state index >= 15 is 0 Å². The van der Waals surface area contributed by atoms with E-state index in [2.05, 4.69) is 0 Å². The molecule has 2 aromatic rings. The third-order valence-electron chi connectivity index (χ3n) is 5.94. The van der Waals surface area contributed by atoms with E-state index in [0.717, 1.165) is 17.9 Å². The first-order valence-corrected chi connectivity index (χ1v) is 12.4. The lowest BCUT2D eigenvalue weighted by molar-refractivity contribution is 0.0908. The second kappa shape index (κ2) is 13.0. The summed E-state index contributed by atoms with van der Waals surface area (Å²) in [5.74, 6) is 2.08. The van der Waals surface area contributed by atoms with Crippen LogP contribution in [-0.4, -0.2) is 48.2 Å². The van der Waals surface area contributed by atoms with Crippen LogP contribution in [0.3, 0.4) is 0 Å². The van der Waals surface area contributed by atoms with Crippen molar-refractivity contribution in [1.29, 1.82) is 0 Å². The Balaban J connectivity index is 1.55. The number of benzene rings is 2. The van der Waals surface area contributed by atoms with E-state index in [0.29, 0.717) is 35.3 Å². The third kappa shape index (κ3) is 8.33. The fraction of sp³-hybridized carbons (Fsp3) is 0.519. The molecule has 33 heavy (non-hydrogen) atoms. The predicted molar refractivity (Wildman–Crippen MR) is 132 cm³/mol. The van der Waals surface area contributed by atoms with Crippen molar-refractivity contribution in [3.63, 3.8) is 0 Å². The van der Waals surface area contributed by atoms with Crippen LogP contribution in [0.4, 0.5) is 0 Å². The van der Waals surface area contributed by atoms with Crippen molar-refractivity contribution in [3.05, 3.63) is 58.6 Å². The summed E-state index contributed by atoms with van der Waals surface area (Å²) in [5.41, 5.74) is 1.60. The fourth-order valence-corrected chi connectivity index (χ4v) is 4.42. The van der Waals surface area contributed by atoms with Crippen LogP contribution in [0.15, 0.2) is 42.5 Å². The Kier molecular flexibility index (Phi) is 10.0. The molecule has 1 fully saturated rings. The highest BCUT2D eigenvalue weighted by atomic mass is 35.5. The zero-order chi connectivity index (χ0) is 23.6. The molecule has 1 aliphatic rings. The number of aliphatic hydroxyl groups excluding tert-OH is 1. The summed E-state index contributed by atoms with van der Waals surface area (Å²) in [5, 5.41) is 9.91. The van der Waals surface area contributed by atoms with Crippen LogP contribution in [0, 0.1) is 5.92 Å². The Hall–Kier alpha value is -2.08. The monoisotopic (exact) mass is 473 g/mol. The number of carbonyl (C=O) groups excluding carboxylic acids is 1. The van der Waals surface area contributed by atoms with Crippen LogP contribution in [0.25, 0.3) is 0 Å². The van der Waals surface area contributed by atoms with Crippen LogP contribution in [-0.2, 0) is 6.54 Å². The highest BCUT2D eigenvalue weighted by molar-refractivity contribution is 6.32. The van der Waals surface area contributed by atoms with E-state index in [1.165, 1.54) is 32.1 Å². The Morgan fingerprint density at radius 2 is 1.85 bits per heavy atom. The van der Waals surface area contributed by atoms with Crippen LogP contribution in [0.5, 0.6) is 11.5 Å². The van der Waals surface area contributed by atoms with Crippen LogP contribution >= 0.6 is 11.6 Å². The first kappa shape index (κ1) is 25.5. The largest absolute Gasteiger partial charge is 0.493 e. The molecule has 180 valence electrons. The summed E-state index contributed by atoms with van der Waals surface area (Å²) in [6.07, 6.45) is 6.52. The average Bonchev–Trinajstić information content (AvgIpc) is 2.80. The van der Waals surface area contributed by atoms with Crippen molar-refractivity contribution < 1.29 is 19.4 Å². The summed E-state index contributed by atoms with van der Waals surface area (Å²) in [4.78, 5) is 14.8. The predicted octanol–water partition coefficient (Wildman–Crippen LogP) is 5.76. The van der Waals surface area contributed by atoms with Gasteiger partial charge in [-0.05, 0) is 68.5 Å². The Bertz CT molecular complexity index is 878. The molecule has 6 heteroatoms. The number of ketones is 1. The molecule has 0 spiro atoms. The minimum atomic E-state index is -0.0473. The molecule has 0 aliphatic heterocycles. The number of carbonyl (C=O) groups is 1. The molecule has 0 radical (unpaired) electrons. The van der Waals surface area contributed by atoms with E-state index < -0.39 is 0 Å². The van der Waals surface area contributed by atoms with E-state index in [4.69, 9.17) is 21.1 Å². The van der Waals surface area contributed by atoms with Gasteiger partial charge in [0.15, 0.2) is 5.78 Å². The van der Waals surface area contributed by atoms with E-state index in [-0.39, 0.29) is 25.0 Å². The number of hydrogen-bond acceptors (Lipinski definition) is 5. The van der Waals surface area contributed by atoms with E-state index in [9.17, 15) is 9.90 Å². The van der Waals surface area contributed by atoms with Gasteiger partial charge in [0.2, 0.25) is 0 Å². The summed E-state index contributed by atoms with van der Waals surface area (Å²) in [7, 11) is 0. The number of aliphatic hydroxyl groups is 1. The normalized spacial score (nSPS) is 14.6. The van der Waals surface area contributed by atoms with Crippen molar-refractivity contribution in [1.82, 2.24) is 4.90 Å². The summed E-state index contributed by atoms with van der Waals surface area (Å²) >= 11 is 6.29. The maximum absolute atomic E-state index is 12.9. The Morgan fingerprint density at radius 3 is 2.48 bits per heavy atom. The number of ether oxygens (including phenoxy) is 2. The van der Waals surface area contributed by atoms with Gasteiger partial charge in [-0.1, -0.05) is 43.0 Å². The molecule has 0 saturated heterocycles. The van der Waals surface area contributed by atoms with Gasteiger partial charge in [0.25, 0.3) is 0 Å². The van der Waals surface area contributed by atoms with Gasteiger partial charge in [-0.2, -0.15) is 0 Å². The number of nitrogens with zero attached hydrogens (tertiary/aromatic N) is 1. The van der Waals surface area contributed by atoms with Crippen LogP contribution < -0.4 is 9.47 Å². The quantitative estimate of drug-likeness (QED) is 0.397. The minimum Gasteiger partial charge on any atom is -0.493 e. The molecular weight excluding hydrogens is 438 g/mol. The van der Waals surface area contributed by atoms with Crippen molar-refractivity contribution in [3.8, 4) is 11.5 Å². The molecule has 0 heterocycles. The number of Topliss-reactive ketones (excluding diaryl/α,β-unsaturated/α-hetero) is 1. The summed E-state index contributed by atoms with van der Waals surface area (Å²) in [6.45, 7) is 5.80. The van der Waals surface area contributed by atoms with Gasteiger partial charge >= 0.3 is 0 Å². The second-order valence-corrected chi connectivity index (χ2v) is 9.54. The minimum absolute atomic E-state index is 0.00754. The van der Waals surface area contributed by atoms with Gasteiger partial charge in [-0.3, -0.25) is 9.69 Å². The zero-order valence-corrected chi connectivity index (χ0v) is 20.5. The fourth-order valence-electron chi connectivity index (χ4n) is 4.19. The van der Waals surface area contributed by atoms with Crippen LogP contribution in [0.1, 0.15) is 61.9 Å². The summed E-state index contributed by atoms with van der Waals surface area (Å²) in [6, 6.07) is 13.2. The van der Waals surface area contributed by atoms with Gasteiger partial charge in [0, 0.05) is 18.7 Å². The third-order valence-corrected chi connectivity index (χ3v) is 6.24. The zero-order valence-electron chi connectivity index (χ0n) is 19.8. The van der Waals surface area contributed by atoms with Gasteiger partial charge in [0.1, 0.15) is 11.5 Å². The van der Waals surface area contributed by atoms with E-state index in [1.807, 2.05) is 43.0 Å². The van der Waals surface area contributed by atoms with Gasteiger partial charge in [-0.25, -0.2) is 0 Å². The number of hydrogen-bond donors (Lipinski definition) is 1. The Morgan fingerprint density at radius 1 is 1.12 bits per heavy atom. The SMILES string of the molecule is CC(C)Oc1ccc(C(=O)CN(CCO)Cc2ccc(OCC3CCCCC3)cc2)cc1Cl. The molecule has 3 rings (SSSR count). The molecule has 0 aromatic heterocycles. The number of rotatable bonds is 12. The molecule has 1 N–H and O–H groups in total. The van der Waals surface area contributed by atoms with Gasteiger partial charge in [0.05, 0.1) is 30.9 Å².